The lowest BCUT2D eigenvalue weighted by molar-refractivity contribution is -0.101. The molecule has 0 amide bonds. The second-order valence-electron chi connectivity index (χ2n) is 7.12. The van der Waals surface area contributed by atoms with Gasteiger partial charge in [0.05, 0.1) is 11.6 Å². The van der Waals surface area contributed by atoms with Crippen LogP contribution in [-0.4, -0.2) is 23.0 Å². The molecule has 2 aromatic heterocycles. The van der Waals surface area contributed by atoms with Gasteiger partial charge in [0, 0.05) is 51.3 Å². The first-order valence-electron chi connectivity index (χ1n) is 9.71. The van der Waals surface area contributed by atoms with Gasteiger partial charge in [-0.25, -0.2) is 0 Å². The third kappa shape index (κ3) is 3.75. The minimum Gasteiger partial charge on any atom is -0.368 e. The predicted molar refractivity (Wildman–Crippen MR) is 118 cm³/mol. The summed E-state index contributed by atoms with van der Waals surface area (Å²) in [4.78, 5) is 5.67. The molecular formula is C24H22N2O2S. The van der Waals surface area contributed by atoms with Crippen LogP contribution in [0.1, 0.15) is 36.6 Å². The number of thiophene rings is 1. The van der Waals surface area contributed by atoms with Crippen LogP contribution in [0.15, 0.2) is 54.9 Å². The van der Waals surface area contributed by atoms with Crippen molar-refractivity contribution in [2.75, 3.05) is 6.61 Å². The number of aliphatic hydroxyl groups is 1. The number of aromatic nitrogens is 1. The van der Waals surface area contributed by atoms with Gasteiger partial charge in [0.15, 0.2) is 6.29 Å². The Balaban J connectivity index is 1.81. The molecule has 146 valence electrons. The summed E-state index contributed by atoms with van der Waals surface area (Å²) in [5.74, 6) is 0.180. The molecule has 4 nitrogen and oxygen atoms in total. The van der Waals surface area contributed by atoms with Gasteiger partial charge in [-0.05, 0) is 35.9 Å². The van der Waals surface area contributed by atoms with Crippen LogP contribution < -0.4 is 0 Å². The lowest BCUT2D eigenvalue weighted by Crippen LogP contribution is -2.14. The van der Waals surface area contributed by atoms with Crippen LogP contribution in [0, 0.1) is 11.3 Å². The zero-order valence-electron chi connectivity index (χ0n) is 16.4. The molecule has 5 heteroatoms. The second-order valence-corrected chi connectivity index (χ2v) is 8.20. The van der Waals surface area contributed by atoms with Crippen LogP contribution in [0.4, 0.5) is 0 Å². The minimum atomic E-state index is -0.750. The highest BCUT2D eigenvalue weighted by molar-refractivity contribution is 7.19. The van der Waals surface area contributed by atoms with E-state index in [1.807, 2.05) is 49.6 Å². The summed E-state index contributed by atoms with van der Waals surface area (Å²) in [5, 5.41) is 22.5. The molecule has 29 heavy (non-hydrogen) atoms. The summed E-state index contributed by atoms with van der Waals surface area (Å²) in [6, 6.07) is 16.3. The average Bonchev–Trinajstić information content (AvgIpc) is 3.18. The Morgan fingerprint density at radius 3 is 2.69 bits per heavy atom. The van der Waals surface area contributed by atoms with E-state index in [4.69, 9.17) is 4.74 Å². The first-order valence-corrected chi connectivity index (χ1v) is 10.5. The van der Waals surface area contributed by atoms with Crippen molar-refractivity contribution in [2.45, 2.75) is 32.5 Å². The Morgan fingerprint density at radius 1 is 1.14 bits per heavy atom. The first kappa shape index (κ1) is 19.5. The highest BCUT2D eigenvalue weighted by atomic mass is 32.1. The van der Waals surface area contributed by atoms with Crippen LogP contribution in [0.3, 0.4) is 0 Å². The number of pyridine rings is 1. The maximum Gasteiger partial charge on any atom is 0.155 e. The Hall–Kier alpha value is -2.78. The zero-order chi connectivity index (χ0) is 20.4. The van der Waals surface area contributed by atoms with Crippen molar-refractivity contribution in [2.24, 2.45) is 0 Å². The second kappa shape index (κ2) is 8.30. The summed E-state index contributed by atoms with van der Waals surface area (Å²) in [6.07, 6.45) is 3.59. The van der Waals surface area contributed by atoms with E-state index in [-0.39, 0.29) is 5.92 Å². The van der Waals surface area contributed by atoms with Gasteiger partial charge in [-0.3, -0.25) is 4.98 Å². The highest BCUT2D eigenvalue weighted by Gasteiger charge is 2.17. The van der Waals surface area contributed by atoms with Crippen molar-refractivity contribution in [3.8, 4) is 17.2 Å². The van der Waals surface area contributed by atoms with Crippen LogP contribution in [0.5, 0.6) is 0 Å². The van der Waals surface area contributed by atoms with Gasteiger partial charge in [-0.1, -0.05) is 37.3 Å². The van der Waals surface area contributed by atoms with Gasteiger partial charge in [0.2, 0.25) is 0 Å². The SMILES string of the molecule is CCOC(O)CC(C)c1cc2cncc(-c3ccc(C#N)c4ccccc34)c2s1. The topological polar surface area (TPSA) is 66.1 Å². The average molecular weight is 403 g/mol. The molecule has 2 aromatic carbocycles. The molecule has 0 saturated carbocycles. The molecule has 0 saturated heterocycles. The summed E-state index contributed by atoms with van der Waals surface area (Å²) in [7, 11) is 0. The quantitative estimate of drug-likeness (QED) is 0.412. The standard InChI is InChI=1S/C24H22N2O2S/c1-3-28-23(27)10-15(2)22-11-17-13-26-14-21(24(17)29-22)20-9-8-16(12-25)18-6-4-5-7-19(18)20/h4-9,11,13-15,23,27H,3,10H2,1-2H3. The molecule has 1 N–H and O–H groups in total. The molecule has 0 spiro atoms. The van der Waals surface area contributed by atoms with Crippen molar-refractivity contribution in [3.05, 3.63) is 65.3 Å². The molecule has 0 radical (unpaired) electrons. The molecule has 4 rings (SSSR count). The monoisotopic (exact) mass is 402 g/mol. The largest absolute Gasteiger partial charge is 0.368 e. The molecule has 0 aliphatic heterocycles. The van der Waals surface area contributed by atoms with E-state index in [2.05, 4.69) is 30.1 Å². The van der Waals surface area contributed by atoms with E-state index >= 15 is 0 Å². The number of hydrogen-bond acceptors (Lipinski definition) is 5. The normalized spacial score (nSPS) is 13.4. The summed E-state index contributed by atoms with van der Waals surface area (Å²) >= 11 is 1.73. The smallest absolute Gasteiger partial charge is 0.155 e. The van der Waals surface area contributed by atoms with Crippen molar-refractivity contribution >= 4 is 32.2 Å². The van der Waals surface area contributed by atoms with E-state index < -0.39 is 6.29 Å². The number of nitriles is 1. The lowest BCUT2D eigenvalue weighted by atomic mass is 9.96. The van der Waals surface area contributed by atoms with Crippen molar-refractivity contribution in [1.82, 2.24) is 4.98 Å². The van der Waals surface area contributed by atoms with Crippen LogP contribution in [0.25, 0.3) is 32.0 Å². The minimum absolute atomic E-state index is 0.180. The number of aliphatic hydroxyl groups excluding tert-OH is 1. The fourth-order valence-corrected chi connectivity index (χ4v) is 4.95. The number of fused-ring (bicyclic) bond motifs is 2. The molecule has 0 bridgehead atoms. The maximum atomic E-state index is 10.00. The molecule has 4 aromatic rings. The fraction of sp³-hybridized carbons (Fsp3) is 0.250. The van der Waals surface area contributed by atoms with E-state index in [9.17, 15) is 10.4 Å². The van der Waals surface area contributed by atoms with Crippen LogP contribution in [0.2, 0.25) is 0 Å². The van der Waals surface area contributed by atoms with Gasteiger partial charge < -0.3 is 9.84 Å². The Bertz CT molecular complexity index is 1210. The third-order valence-electron chi connectivity index (χ3n) is 5.18. The molecule has 2 atom stereocenters. The molecule has 2 heterocycles. The van der Waals surface area contributed by atoms with Crippen molar-refractivity contribution in [1.29, 1.82) is 5.26 Å². The number of rotatable bonds is 6. The third-order valence-corrected chi connectivity index (χ3v) is 6.59. The zero-order valence-corrected chi connectivity index (χ0v) is 17.2. The molecule has 2 unspecified atom stereocenters. The number of hydrogen-bond donors (Lipinski definition) is 1. The Morgan fingerprint density at radius 2 is 1.93 bits per heavy atom. The summed E-state index contributed by atoms with van der Waals surface area (Å²) in [6.45, 7) is 4.49. The van der Waals surface area contributed by atoms with Gasteiger partial charge in [-0.2, -0.15) is 5.26 Å². The number of benzene rings is 2. The fourth-order valence-electron chi connectivity index (χ4n) is 3.73. The molecular weight excluding hydrogens is 380 g/mol. The van der Waals surface area contributed by atoms with Gasteiger partial charge in [-0.15, -0.1) is 11.3 Å². The predicted octanol–water partition coefficient (Wildman–Crippen LogP) is 5.84. The van der Waals surface area contributed by atoms with E-state index in [0.717, 1.165) is 27.3 Å². The van der Waals surface area contributed by atoms with Gasteiger partial charge in [0.1, 0.15) is 0 Å². The lowest BCUT2D eigenvalue weighted by Gasteiger charge is -2.14. The maximum absolute atomic E-state index is 10.00. The van der Waals surface area contributed by atoms with Crippen LogP contribution in [-0.2, 0) is 4.74 Å². The van der Waals surface area contributed by atoms with Crippen LogP contribution >= 0.6 is 11.3 Å². The molecule has 0 aliphatic carbocycles. The Labute approximate surface area is 174 Å². The molecule has 0 aliphatic rings. The van der Waals surface area contributed by atoms with Crippen molar-refractivity contribution < 1.29 is 9.84 Å². The van der Waals surface area contributed by atoms with Crippen molar-refractivity contribution in [3.63, 3.8) is 0 Å². The summed E-state index contributed by atoms with van der Waals surface area (Å²) < 4.78 is 6.46. The van der Waals surface area contributed by atoms with Gasteiger partial charge >= 0.3 is 0 Å². The number of ether oxygens (including phenoxy) is 1. The molecule has 0 fully saturated rings. The first-order chi connectivity index (χ1) is 14.1. The number of nitrogens with zero attached hydrogens (tertiary/aromatic N) is 2. The van der Waals surface area contributed by atoms with E-state index in [1.165, 1.54) is 9.58 Å². The summed E-state index contributed by atoms with van der Waals surface area (Å²) in [5.41, 5.74) is 2.82. The van der Waals surface area contributed by atoms with E-state index in [1.54, 1.807) is 11.3 Å². The highest BCUT2D eigenvalue weighted by Crippen LogP contribution is 2.40. The van der Waals surface area contributed by atoms with Gasteiger partial charge in [0.25, 0.3) is 0 Å². The van der Waals surface area contributed by atoms with E-state index in [0.29, 0.717) is 18.6 Å². The Kier molecular flexibility index (Phi) is 5.59.